The van der Waals surface area contributed by atoms with E-state index < -0.39 is 0 Å². The number of pyridine rings is 1. The number of carbonyl (C=O) groups is 1. The molecular formula is C28H34N6O4. The average Bonchev–Trinajstić information content (AvgIpc) is 3.61. The number of fused-ring (bicyclic) bond motifs is 1. The van der Waals surface area contributed by atoms with Crippen molar-refractivity contribution in [2.45, 2.75) is 19.1 Å². The Morgan fingerprint density at radius 1 is 1.24 bits per heavy atom. The minimum Gasteiger partial charge on any atom is -0.498 e. The van der Waals surface area contributed by atoms with Crippen molar-refractivity contribution >= 4 is 23.0 Å². The molecule has 1 unspecified atom stereocenters. The second-order valence-corrected chi connectivity index (χ2v) is 9.35. The zero-order valence-corrected chi connectivity index (χ0v) is 21.9. The van der Waals surface area contributed by atoms with Crippen LogP contribution in [0.3, 0.4) is 0 Å². The summed E-state index contributed by atoms with van der Waals surface area (Å²) in [5.41, 5.74) is 4.64. The topological polar surface area (TPSA) is 107 Å². The molecule has 1 aliphatic heterocycles. The molecule has 0 radical (unpaired) electrons. The lowest BCUT2D eigenvalue weighted by atomic mass is 10.0. The van der Waals surface area contributed by atoms with Crippen molar-refractivity contribution in [1.29, 1.82) is 0 Å². The van der Waals surface area contributed by atoms with E-state index in [9.17, 15) is 4.79 Å². The number of morpholine rings is 1. The lowest BCUT2D eigenvalue weighted by molar-refractivity contribution is -0.116. The molecule has 1 fully saturated rings. The molecule has 1 amide bonds. The Kier molecular flexibility index (Phi) is 8.32. The lowest BCUT2D eigenvalue weighted by Gasteiger charge is -2.26. The fraction of sp³-hybridized carbons (Fsp3) is 0.393. The molecule has 10 heteroatoms. The molecule has 200 valence electrons. The molecule has 0 aromatic carbocycles. The second kappa shape index (κ2) is 12.2. The summed E-state index contributed by atoms with van der Waals surface area (Å²) < 4.78 is 18.2. The van der Waals surface area contributed by atoms with Gasteiger partial charge in [-0.15, -0.1) is 0 Å². The van der Waals surface area contributed by atoms with Crippen molar-refractivity contribution in [1.82, 2.24) is 30.0 Å². The molecule has 0 spiro atoms. The fourth-order valence-corrected chi connectivity index (χ4v) is 4.67. The predicted octanol–water partition coefficient (Wildman–Crippen LogP) is 2.76. The van der Waals surface area contributed by atoms with Crippen LogP contribution in [0.25, 0.3) is 28.2 Å². The van der Waals surface area contributed by atoms with Crippen LogP contribution >= 0.6 is 0 Å². The summed E-state index contributed by atoms with van der Waals surface area (Å²) in [5.74, 6) is 0.590. The molecule has 10 nitrogen and oxygen atoms in total. The van der Waals surface area contributed by atoms with E-state index in [4.69, 9.17) is 14.2 Å². The maximum atomic E-state index is 12.5. The van der Waals surface area contributed by atoms with Crippen LogP contribution in [0.5, 0.6) is 0 Å². The van der Waals surface area contributed by atoms with E-state index in [1.54, 1.807) is 26.4 Å². The van der Waals surface area contributed by atoms with E-state index in [1.807, 2.05) is 29.3 Å². The normalized spacial score (nSPS) is 18.5. The molecule has 4 heterocycles. The van der Waals surface area contributed by atoms with Gasteiger partial charge < -0.3 is 24.5 Å². The number of aromatic nitrogens is 4. The van der Waals surface area contributed by atoms with Crippen LogP contribution in [-0.4, -0.2) is 90.3 Å². The number of amides is 1. The van der Waals surface area contributed by atoms with Crippen LogP contribution in [0.15, 0.2) is 60.4 Å². The third kappa shape index (κ3) is 6.21. The first-order valence-electron chi connectivity index (χ1n) is 12.9. The summed E-state index contributed by atoms with van der Waals surface area (Å²) >= 11 is 0. The molecular weight excluding hydrogens is 484 g/mol. The van der Waals surface area contributed by atoms with Crippen LogP contribution in [0.1, 0.15) is 12.0 Å². The zero-order valence-electron chi connectivity index (χ0n) is 21.9. The first-order valence-corrected chi connectivity index (χ1v) is 12.9. The van der Waals surface area contributed by atoms with Crippen LogP contribution in [-0.2, 0) is 25.5 Å². The highest BCUT2D eigenvalue weighted by Crippen LogP contribution is 2.25. The number of hydrogen-bond donors (Lipinski definition) is 2. The molecule has 2 N–H and O–H groups in total. The maximum Gasteiger partial charge on any atom is 0.244 e. The Hall–Kier alpha value is -3.73. The number of aromatic amines is 1. The van der Waals surface area contributed by atoms with Gasteiger partial charge in [0.15, 0.2) is 0 Å². The summed E-state index contributed by atoms with van der Waals surface area (Å²) in [6, 6.07) is 2.08. The zero-order chi connectivity index (χ0) is 26.3. The standard InChI is InChI=1S/C28H34N6O4/c1-36-25-5-3-20(13-26(25)37-2)15-29-27(35)6-4-21-16-30-28-24(21)14-22(17-31-28)23-18-32-34(19-23)8-7-33-9-11-38-12-10-33/h3-4,6,13-14,16-19,25H,5,7-12,15H2,1-2H3,(H,29,35)(H,30,31)/b6-4+. The van der Waals surface area contributed by atoms with E-state index in [0.717, 1.165) is 78.4 Å². The number of carbonyl (C=O) groups excluding carboxylic acids is 1. The van der Waals surface area contributed by atoms with Gasteiger partial charge in [0.2, 0.25) is 5.91 Å². The van der Waals surface area contributed by atoms with Crippen molar-refractivity contribution in [3.8, 4) is 11.1 Å². The van der Waals surface area contributed by atoms with Crippen molar-refractivity contribution in [3.63, 3.8) is 0 Å². The number of nitrogens with zero attached hydrogens (tertiary/aromatic N) is 4. The number of methoxy groups -OCH3 is 2. The molecule has 1 saturated heterocycles. The quantitative estimate of drug-likeness (QED) is 0.398. The molecule has 2 aliphatic rings. The van der Waals surface area contributed by atoms with Gasteiger partial charge in [-0.2, -0.15) is 5.10 Å². The van der Waals surface area contributed by atoms with Gasteiger partial charge in [-0.3, -0.25) is 14.4 Å². The van der Waals surface area contributed by atoms with E-state index in [-0.39, 0.29) is 12.0 Å². The molecule has 3 aromatic rings. The van der Waals surface area contributed by atoms with Gasteiger partial charge in [0.1, 0.15) is 17.5 Å². The maximum absolute atomic E-state index is 12.5. The number of H-pyrrole nitrogens is 1. The number of rotatable bonds is 10. The number of nitrogens with one attached hydrogen (secondary N) is 2. The minimum absolute atomic E-state index is 0.0795. The molecule has 0 bridgehead atoms. The largest absolute Gasteiger partial charge is 0.498 e. The van der Waals surface area contributed by atoms with Crippen LogP contribution in [0, 0.1) is 0 Å². The first-order chi connectivity index (χ1) is 18.6. The van der Waals surface area contributed by atoms with Gasteiger partial charge in [0, 0.05) is 80.0 Å². The van der Waals surface area contributed by atoms with E-state index >= 15 is 0 Å². The van der Waals surface area contributed by atoms with Crippen LogP contribution < -0.4 is 5.32 Å². The lowest BCUT2D eigenvalue weighted by Crippen LogP contribution is -2.38. The van der Waals surface area contributed by atoms with Gasteiger partial charge in [-0.25, -0.2) is 4.98 Å². The Balaban J connectivity index is 1.20. The Labute approximate surface area is 222 Å². The summed E-state index contributed by atoms with van der Waals surface area (Å²) in [7, 11) is 3.29. The van der Waals surface area contributed by atoms with Gasteiger partial charge in [-0.05, 0) is 30.2 Å². The van der Waals surface area contributed by atoms with Crippen LogP contribution in [0.2, 0.25) is 0 Å². The highest BCUT2D eigenvalue weighted by atomic mass is 16.5. The van der Waals surface area contributed by atoms with E-state index in [2.05, 4.69) is 43.6 Å². The van der Waals surface area contributed by atoms with Gasteiger partial charge >= 0.3 is 0 Å². The van der Waals surface area contributed by atoms with Gasteiger partial charge in [0.05, 0.1) is 33.1 Å². The third-order valence-electron chi connectivity index (χ3n) is 6.92. The number of ether oxygens (including phenoxy) is 3. The molecule has 5 rings (SSSR count). The summed E-state index contributed by atoms with van der Waals surface area (Å²) in [4.78, 5) is 22.7. The van der Waals surface area contributed by atoms with Gasteiger partial charge in [-0.1, -0.05) is 6.08 Å². The highest BCUT2D eigenvalue weighted by Gasteiger charge is 2.18. The Morgan fingerprint density at radius 2 is 2.11 bits per heavy atom. The fourth-order valence-electron chi connectivity index (χ4n) is 4.67. The monoisotopic (exact) mass is 518 g/mol. The summed E-state index contributed by atoms with van der Waals surface area (Å²) in [6.07, 6.45) is 15.6. The van der Waals surface area contributed by atoms with Crippen molar-refractivity contribution in [2.24, 2.45) is 0 Å². The van der Waals surface area contributed by atoms with Crippen LogP contribution in [0.4, 0.5) is 0 Å². The van der Waals surface area contributed by atoms with Crippen molar-refractivity contribution in [3.05, 3.63) is 66.0 Å². The third-order valence-corrected chi connectivity index (χ3v) is 6.92. The Morgan fingerprint density at radius 3 is 2.92 bits per heavy atom. The van der Waals surface area contributed by atoms with E-state index in [1.165, 1.54) is 0 Å². The van der Waals surface area contributed by atoms with Gasteiger partial charge in [0.25, 0.3) is 0 Å². The molecule has 38 heavy (non-hydrogen) atoms. The summed E-state index contributed by atoms with van der Waals surface area (Å²) in [6.45, 7) is 5.72. The molecule has 1 atom stereocenters. The van der Waals surface area contributed by atoms with Crippen molar-refractivity contribution in [2.75, 3.05) is 53.6 Å². The smallest absolute Gasteiger partial charge is 0.244 e. The SMILES string of the molecule is COC1=CC(CNC(=O)/C=C/c2c[nH]c3ncc(-c4cnn(CCN5CCOCC5)c4)cc23)=CCC1OC. The first kappa shape index (κ1) is 25.9. The van der Waals surface area contributed by atoms with E-state index in [0.29, 0.717) is 13.0 Å². The van der Waals surface area contributed by atoms with Crippen molar-refractivity contribution < 1.29 is 19.0 Å². The second-order valence-electron chi connectivity index (χ2n) is 9.35. The average molecular weight is 519 g/mol. The molecule has 1 aliphatic carbocycles. The summed E-state index contributed by atoms with van der Waals surface area (Å²) in [5, 5.41) is 8.42. The highest BCUT2D eigenvalue weighted by molar-refractivity contribution is 5.96. The molecule has 0 saturated carbocycles. The Bertz CT molecular complexity index is 1350. The molecule has 3 aromatic heterocycles. The minimum atomic E-state index is -0.174. The number of hydrogen-bond acceptors (Lipinski definition) is 7. The predicted molar refractivity (Wildman–Crippen MR) is 145 cm³/mol.